The topological polar surface area (TPSA) is 71.5 Å². The maximum Gasteiger partial charge on any atom is 0.325 e. The van der Waals surface area contributed by atoms with Gasteiger partial charge in [0, 0.05) is 39.8 Å². The molecule has 0 aromatic heterocycles. The number of carbonyl (C=O) groups excluding carboxylic acids is 2. The molecule has 31 heavy (non-hydrogen) atoms. The Hall–Kier alpha value is -2.61. The van der Waals surface area contributed by atoms with Crippen LogP contribution in [0.25, 0.3) is 0 Å². The SMILES string of the molecule is Cc1cccc(CN2C(N3CCN(CCC(C)C)CC3)=NC3C2C(=O)NC(=O)N3C)c1. The van der Waals surface area contributed by atoms with E-state index < -0.39 is 12.2 Å². The van der Waals surface area contributed by atoms with Crippen molar-refractivity contribution in [3.63, 3.8) is 0 Å². The summed E-state index contributed by atoms with van der Waals surface area (Å²) < 4.78 is 0. The number of rotatable bonds is 5. The highest BCUT2D eigenvalue weighted by Gasteiger charge is 2.49. The van der Waals surface area contributed by atoms with E-state index in [4.69, 9.17) is 4.99 Å². The minimum absolute atomic E-state index is 0.268. The molecule has 2 unspecified atom stereocenters. The average Bonchev–Trinajstić information content (AvgIpc) is 3.11. The summed E-state index contributed by atoms with van der Waals surface area (Å²) in [6, 6.07) is 7.45. The molecule has 4 rings (SSSR count). The van der Waals surface area contributed by atoms with Gasteiger partial charge in [-0.05, 0) is 31.4 Å². The highest BCUT2D eigenvalue weighted by atomic mass is 16.2. The first kappa shape index (κ1) is 21.6. The quantitative estimate of drug-likeness (QED) is 0.776. The van der Waals surface area contributed by atoms with Crippen LogP contribution in [0.2, 0.25) is 0 Å². The lowest BCUT2D eigenvalue weighted by molar-refractivity contribution is -0.127. The molecule has 1 aromatic carbocycles. The Morgan fingerprint density at radius 1 is 1.16 bits per heavy atom. The van der Waals surface area contributed by atoms with E-state index in [1.165, 1.54) is 12.0 Å². The highest BCUT2D eigenvalue weighted by Crippen LogP contribution is 2.28. The third-order valence-electron chi connectivity index (χ3n) is 6.45. The summed E-state index contributed by atoms with van der Waals surface area (Å²) in [5.41, 5.74) is 2.32. The Kier molecular flexibility index (Phi) is 6.18. The molecule has 3 amide bonds. The Bertz CT molecular complexity index is 861. The molecule has 2 atom stereocenters. The number of aliphatic imine (C=N–C) groups is 1. The second-order valence-electron chi connectivity index (χ2n) is 9.32. The molecule has 8 nitrogen and oxygen atoms in total. The smallest absolute Gasteiger partial charge is 0.325 e. The van der Waals surface area contributed by atoms with Crippen LogP contribution in [-0.2, 0) is 11.3 Å². The van der Waals surface area contributed by atoms with E-state index in [-0.39, 0.29) is 11.9 Å². The summed E-state index contributed by atoms with van der Waals surface area (Å²) in [6.45, 7) is 12.0. The van der Waals surface area contributed by atoms with Crippen LogP contribution in [-0.4, -0.2) is 89.5 Å². The van der Waals surface area contributed by atoms with E-state index in [9.17, 15) is 9.59 Å². The zero-order valence-corrected chi connectivity index (χ0v) is 19.0. The normalized spacial score (nSPS) is 24.5. The van der Waals surface area contributed by atoms with E-state index in [1.54, 1.807) is 11.9 Å². The summed E-state index contributed by atoms with van der Waals surface area (Å²) >= 11 is 0. The molecule has 8 heteroatoms. The molecular formula is C23H34N6O2. The number of piperazine rings is 1. The maximum atomic E-state index is 12.8. The molecule has 1 aromatic rings. The number of urea groups is 1. The Morgan fingerprint density at radius 2 is 1.90 bits per heavy atom. The van der Waals surface area contributed by atoms with Crippen LogP contribution < -0.4 is 5.32 Å². The van der Waals surface area contributed by atoms with Gasteiger partial charge in [-0.1, -0.05) is 43.7 Å². The fourth-order valence-electron chi connectivity index (χ4n) is 4.56. The van der Waals surface area contributed by atoms with Crippen molar-refractivity contribution in [1.82, 2.24) is 24.9 Å². The number of hydrogen-bond donors (Lipinski definition) is 1. The molecule has 0 aliphatic carbocycles. The lowest BCUT2D eigenvalue weighted by Gasteiger charge is -2.40. The summed E-state index contributed by atoms with van der Waals surface area (Å²) in [5, 5.41) is 2.49. The first-order valence-electron chi connectivity index (χ1n) is 11.3. The summed E-state index contributed by atoms with van der Waals surface area (Å²) in [4.78, 5) is 38.4. The van der Waals surface area contributed by atoms with Crippen molar-refractivity contribution < 1.29 is 9.59 Å². The second-order valence-corrected chi connectivity index (χ2v) is 9.32. The average molecular weight is 427 g/mol. The zero-order valence-electron chi connectivity index (χ0n) is 19.0. The van der Waals surface area contributed by atoms with Crippen LogP contribution in [0, 0.1) is 12.8 Å². The predicted octanol–water partition coefficient (Wildman–Crippen LogP) is 1.71. The summed E-state index contributed by atoms with van der Waals surface area (Å²) in [6.07, 6.45) is 0.720. The Balaban J connectivity index is 1.55. The molecule has 0 bridgehead atoms. The minimum atomic E-state index is -0.503. The number of fused-ring (bicyclic) bond motifs is 1. The number of benzene rings is 1. The molecule has 1 N–H and O–H groups in total. The maximum absolute atomic E-state index is 12.8. The molecule has 2 saturated heterocycles. The van der Waals surface area contributed by atoms with E-state index in [1.807, 2.05) is 6.07 Å². The number of amides is 3. The van der Waals surface area contributed by atoms with Crippen molar-refractivity contribution in [2.75, 3.05) is 39.8 Å². The summed E-state index contributed by atoms with van der Waals surface area (Å²) in [7, 11) is 1.71. The van der Waals surface area contributed by atoms with Crippen LogP contribution >= 0.6 is 0 Å². The number of guanidine groups is 1. The number of nitrogens with zero attached hydrogens (tertiary/aromatic N) is 5. The van der Waals surface area contributed by atoms with Crippen molar-refractivity contribution >= 4 is 17.9 Å². The van der Waals surface area contributed by atoms with Gasteiger partial charge in [-0.25, -0.2) is 9.79 Å². The largest absolute Gasteiger partial charge is 0.340 e. The summed E-state index contributed by atoms with van der Waals surface area (Å²) in [5.74, 6) is 1.27. The van der Waals surface area contributed by atoms with Crippen molar-refractivity contribution in [3.05, 3.63) is 35.4 Å². The second kappa shape index (κ2) is 8.86. The number of carbonyl (C=O) groups is 2. The van der Waals surface area contributed by atoms with Gasteiger partial charge in [0.1, 0.15) is 0 Å². The lowest BCUT2D eigenvalue weighted by atomic mass is 10.1. The van der Waals surface area contributed by atoms with E-state index in [2.05, 4.69) is 59.0 Å². The third-order valence-corrected chi connectivity index (χ3v) is 6.45. The van der Waals surface area contributed by atoms with Crippen LogP contribution in [0.1, 0.15) is 31.4 Å². The fourth-order valence-corrected chi connectivity index (χ4v) is 4.56. The van der Waals surface area contributed by atoms with Crippen molar-refractivity contribution in [3.8, 4) is 0 Å². The lowest BCUT2D eigenvalue weighted by Crippen LogP contribution is -2.64. The van der Waals surface area contributed by atoms with Gasteiger partial charge in [0.15, 0.2) is 18.2 Å². The van der Waals surface area contributed by atoms with Gasteiger partial charge in [-0.2, -0.15) is 0 Å². The fraction of sp³-hybridized carbons (Fsp3) is 0.609. The van der Waals surface area contributed by atoms with Crippen LogP contribution in [0.3, 0.4) is 0 Å². The Labute approximate surface area is 184 Å². The highest BCUT2D eigenvalue weighted by molar-refractivity contribution is 6.03. The van der Waals surface area contributed by atoms with Gasteiger partial charge in [-0.15, -0.1) is 0 Å². The van der Waals surface area contributed by atoms with Crippen molar-refractivity contribution in [2.24, 2.45) is 10.9 Å². The first-order valence-corrected chi connectivity index (χ1v) is 11.3. The monoisotopic (exact) mass is 426 g/mol. The van der Waals surface area contributed by atoms with Gasteiger partial charge in [0.25, 0.3) is 5.91 Å². The molecule has 168 valence electrons. The molecule has 3 aliphatic heterocycles. The molecule has 0 saturated carbocycles. The molecule has 0 radical (unpaired) electrons. The number of hydrogen-bond acceptors (Lipinski definition) is 6. The van der Waals surface area contributed by atoms with E-state index >= 15 is 0 Å². The predicted molar refractivity (Wildman–Crippen MR) is 121 cm³/mol. The van der Waals surface area contributed by atoms with Crippen LogP contribution in [0.4, 0.5) is 4.79 Å². The van der Waals surface area contributed by atoms with Crippen molar-refractivity contribution in [1.29, 1.82) is 0 Å². The molecular weight excluding hydrogens is 392 g/mol. The zero-order chi connectivity index (χ0) is 22.1. The first-order chi connectivity index (χ1) is 14.8. The molecule has 3 heterocycles. The van der Waals surface area contributed by atoms with E-state index in [0.29, 0.717) is 12.5 Å². The Morgan fingerprint density at radius 3 is 2.58 bits per heavy atom. The number of likely N-dealkylation sites (N-methyl/N-ethyl adjacent to an activating group) is 1. The van der Waals surface area contributed by atoms with Crippen molar-refractivity contribution in [2.45, 2.75) is 45.9 Å². The van der Waals surface area contributed by atoms with Gasteiger partial charge in [0.2, 0.25) is 0 Å². The van der Waals surface area contributed by atoms with Gasteiger partial charge < -0.3 is 14.7 Å². The van der Waals surface area contributed by atoms with Crippen LogP contribution in [0.15, 0.2) is 29.3 Å². The standard InChI is InChI=1S/C23H34N6O2/c1-16(2)8-9-27-10-12-28(13-11-27)22-24-20-19(21(30)25-23(31)26(20)4)29(22)15-18-7-5-6-17(3)14-18/h5-7,14,16,19-20H,8-13,15H2,1-4H3,(H,25,30,31). The minimum Gasteiger partial charge on any atom is -0.340 e. The molecule has 3 aliphatic rings. The molecule has 2 fully saturated rings. The number of aryl methyl sites for hydroxylation is 1. The number of imide groups is 1. The molecule has 0 spiro atoms. The van der Waals surface area contributed by atoms with Gasteiger partial charge >= 0.3 is 6.03 Å². The van der Waals surface area contributed by atoms with Gasteiger partial charge in [-0.3, -0.25) is 15.0 Å². The third kappa shape index (κ3) is 4.54. The number of nitrogens with one attached hydrogen (secondary N) is 1. The van der Waals surface area contributed by atoms with Crippen LogP contribution in [0.5, 0.6) is 0 Å². The van der Waals surface area contributed by atoms with Gasteiger partial charge in [0.05, 0.1) is 0 Å². The van der Waals surface area contributed by atoms with E-state index in [0.717, 1.165) is 44.2 Å².